The fraction of sp³-hybridized carbons (Fsp3) is 0.400. The van der Waals surface area contributed by atoms with Gasteiger partial charge in [-0.15, -0.1) is 11.3 Å². The highest BCUT2D eigenvalue weighted by molar-refractivity contribution is 7.73. The molecule has 1 amide bonds. The summed E-state index contributed by atoms with van der Waals surface area (Å²) in [5, 5.41) is 6.43. The lowest BCUT2D eigenvalue weighted by Crippen LogP contribution is -2.25. The molecule has 2 N–H and O–H groups in total. The van der Waals surface area contributed by atoms with Crippen LogP contribution in [-0.4, -0.2) is 21.0 Å². The van der Waals surface area contributed by atoms with Crippen LogP contribution in [0.3, 0.4) is 0 Å². The number of amides is 1. The van der Waals surface area contributed by atoms with E-state index in [2.05, 4.69) is 20.4 Å². The van der Waals surface area contributed by atoms with Crippen molar-refractivity contribution in [2.75, 3.05) is 0 Å². The molecular formula is C10H12N4O2S2. The number of thiazole rings is 1. The molecule has 2 aromatic rings. The average Bonchev–Trinajstić information content (AvgIpc) is 2.83. The van der Waals surface area contributed by atoms with Crippen molar-refractivity contribution in [2.45, 2.75) is 26.8 Å². The molecule has 0 radical (unpaired) electrons. The molecule has 0 saturated heterocycles. The summed E-state index contributed by atoms with van der Waals surface area (Å²) in [7, 11) is 0. The van der Waals surface area contributed by atoms with E-state index in [0.717, 1.165) is 10.6 Å². The van der Waals surface area contributed by atoms with Crippen molar-refractivity contribution in [3.63, 3.8) is 0 Å². The first-order chi connectivity index (χ1) is 8.54. The molecule has 2 heterocycles. The van der Waals surface area contributed by atoms with Crippen molar-refractivity contribution in [2.24, 2.45) is 0 Å². The van der Waals surface area contributed by atoms with Crippen LogP contribution in [0.2, 0.25) is 0 Å². The van der Waals surface area contributed by atoms with E-state index < -0.39 is 0 Å². The second kappa shape index (κ2) is 5.40. The Kier molecular flexibility index (Phi) is 3.87. The number of rotatable bonds is 4. The number of carbonyl (C=O) groups excluding carboxylic acids is 1. The van der Waals surface area contributed by atoms with Gasteiger partial charge in [0.05, 0.1) is 13.0 Å². The molecule has 2 rings (SSSR count). The number of hydrogen-bond acceptors (Lipinski definition) is 6. The van der Waals surface area contributed by atoms with Crippen LogP contribution in [0.5, 0.6) is 0 Å². The van der Waals surface area contributed by atoms with E-state index in [0.29, 0.717) is 22.1 Å². The Morgan fingerprint density at radius 1 is 1.56 bits per heavy atom. The number of aromatic amines is 1. The van der Waals surface area contributed by atoms with Gasteiger partial charge in [-0.3, -0.25) is 4.79 Å². The summed E-state index contributed by atoms with van der Waals surface area (Å²) in [4.78, 5) is 19.7. The molecule has 2 aromatic heterocycles. The first-order valence-corrected chi connectivity index (χ1v) is 6.51. The summed E-state index contributed by atoms with van der Waals surface area (Å²) in [5.74, 6) is 0.865. The van der Waals surface area contributed by atoms with Crippen LogP contribution in [0.15, 0.2) is 4.52 Å². The SMILES string of the molecule is Cc1nc(CNC(=O)Cc2sc(=S)[nH]c2C)no1. The quantitative estimate of drug-likeness (QED) is 0.834. The van der Waals surface area contributed by atoms with Crippen molar-refractivity contribution < 1.29 is 9.32 Å². The predicted octanol–water partition coefficient (Wildman–Crippen LogP) is 1.66. The van der Waals surface area contributed by atoms with Gasteiger partial charge >= 0.3 is 0 Å². The normalized spacial score (nSPS) is 10.6. The molecule has 0 saturated carbocycles. The lowest BCUT2D eigenvalue weighted by molar-refractivity contribution is -0.120. The fourth-order valence-corrected chi connectivity index (χ4v) is 2.69. The molecular weight excluding hydrogens is 272 g/mol. The minimum atomic E-state index is -0.0918. The van der Waals surface area contributed by atoms with Crippen LogP contribution in [0.25, 0.3) is 0 Å². The van der Waals surface area contributed by atoms with Crippen LogP contribution < -0.4 is 5.32 Å². The Bertz CT molecular complexity index is 613. The molecule has 6 nitrogen and oxygen atoms in total. The van der Waals surface area contributed by atoms with Gasteiger partial charge in [-0.1, -0.05) is 5.16 Å². The van der Waals surface area contributed by atoms with Crippen molar-refractivity contribution in [1.29, 1.82) is 0 Å². The number of nitrogens with one attached hydrogen (secondary N) is 2. The van der Waals surface area contributed by atoms with Gasteiger partial charge in [0, 0.05) is 17.5 Å². The Hall–Kier alpha value is -1.54. The van der Waals surface area contributed by atoms with Crippen molar-refractivity contribution in [3.05, 3.63) is 26.2 Å². The number of nitrogens with zero attached hydrogens (tertiary/aromatic N) is 2. The van der Waals surface area contributed by atoms with Crippen molar-refractivity contribution in [1.82, 2.24) is 20.4 Å². The molecule has 0 atom stereocenters. The van der Waals surface area contributed by atoms with Crippen LogP contribution in [-0.2, 0) is 17.8 Å². The summed E-state index contributed by atoms with van der Waals surface area (Å²) in [6, 6.07) is 0. The smallest absolute Gasteiger partial charge is 0.225 e. The van der Waals surface area contributed by atoms with Gasteiger partial charge in [0.2, 0.25) is 11.8 Å². The van der Waals surface area contributed by atoms with Gasteiger partial charge in [-0.2, -0.15) is 4.98 Å². The minimum absolute atomic E-state index is 0.0918. The third-order valence-corrected chi connectivity index (χ3v) is 3.59. The Labute approximate surface area is 112 Å². The van der Waals surface area contributed by atoms with Gasteiger partial charge < -0.3 is 14.8 Å². The van der Waals surface area contributed by atoms with Crippen LogP contribution in [0.4, 0.5) is 0 Å². The van der Waals surface area contributed by atoms with E-state index in [-0.39, 0.29) is 12.5 Å². The zero-order valence-corrected chi connectivity index (χ0v) is 11.6. The van der Waals surface area contributed by atoms with Crippen molar-refractivity contribution in [3.8, 4) is 0 Å². The summed E-state index contributed by atoms with van der Waals surface area (Å²) in [6.45, 7) is 3.87. The third kappa shape index (κ3) is 3.23. The Balaban J connectivity index is 1.89. The van der Waals surface area contributed by atoms with Gasteiger partial charge in [-0.25, -0.2) is 0 Å². The maximum Gasteiger partial charge on any atom is 0.225 e. The van der Waals surface area contributed by atoms with Crippen LogP contribution in [0.1, 0.15) is 22.3 Å². The molecule has 0 aliphatic rings. The molecule has 96 valence electrons. The summed E-state index contributed by atoms with van der Waals surface area (Å²) >= 11 is 6.43. The van der Waals surface area contributed by atoms with E-state index in [4.69, 9.17) is 16.7 Å². The highest BCUT2D eigenvalue weighted by atomic mass is 32.1. The summed E-state index contributed by atoms with van der Waals surface area (Å²) < 4.78 is 5.49. The molecule has 0 bridgehead atoms. The van der Waals surface area contributed by atoms with Crippen LogP contribution >= 0.6 is 23.6 Å². The Morgan fingerprint density at radius 2 is 2.33 bits per heavy atom. The highest BCUT2D eigenvalue weighted by Crippen LogP contribution is 2.14. The topological polar surface area (TPSA) is 83.8 Å². The standard InChI is InChI=1S/C10H12N4O2S2/c1-5-7(18-10(17)12-5)3-9(15)11-4-8-13-6(2)16-14-8/h3-4H2,1-2H3,(H,11,15)(H,12,17). The van der Waals surface area contributed by atoms with E-state index in [9.17, 15) is 4.79 Å². The Morgan fingerprint density at radius 3 is 2.89 bits per heavy atom. The van der Waals surface area contributed by atoms with E-state index in [1.807, 2.05) is 6.92 Å². The van der Waals surface area contributed by atoms with Gasteiger partial charge in [0.15, 0.2) is 9.78 Å². The average molecular weight is 284 g/mol. The second-order valence-electron chi connectivity index (χ2n) is 3.75. The lowest BCUT2D eigenvalue weighted by Gasteiger charge is -2.01. The van der Waals surface area contributed by atoms with Gasteiger partial charge in [0.1, 0.15) is 0 Å². The summed E-state index contributed by atoms with van der Waals surface area (Å²) in [5.41, 5.74) is 0.940. The lowest BCUT2D eigenvalue weighted by atomic mass is 10.3. The van der Waals surface area contributed by atoms with Gasteiger partial charge in [0.25, 0.3) is 0 Å². The highest BCUT2D eigenvalue weighted by Gasteiger charge is 2.10. The molecule has 0 aromatic carbocycles. The number of hydrogen-bond donors (Lipinski definition) is 2. The van der Waals surface area contributed by atoms with E-state index in [1.54, 1.807) is 6.92 Å². The van der Waals surface area contributed by atoms with Crippen LogP contribution in [0, 0.1) is 17.8 Å². The third-order valence-electron chi connectivity index (χ3n) is 2.26. The molecule has 0 spiro atoms. The fourth-order valence-electron chi connectivity index (χ4n) is 1.40. The summed E-state index contributed by atoms with van der Waals surface area (Å²) in [6.07, 6.45) is 0.306. The molecule has 0 unspecified atom stereocenters. The number of carbonyl (C=O) groups is 1. The first-order valence-electron chi connectivity index (χ1n) is 5.29. The van der Waals surface area contributed by atoms with Gasteiger partial charge in [-0.05, 0) is 19.1 Å². The molecule has 0 aliphatic heterocycles. The largest absolute Gasteiger partial charge is 0.348 e. The number of aromatic nitrogens is 3. The molecule has 18 heavy (non-hydrogen) atoms. The van der Waals surface area contributed by atoms with E-state index >= 15 is 0 Å². The van der Waals surface area contributed by atoms with Crippen molar-refractivity contribution >= 4 is 29.5 Å². The molecule has 0 fully saturated rings. The molecule has 8 heteroatoms. The predicted molar refractivity (Wildman–Crippen MR) is 68.8 cm³/mol. The van der Waals surface area contributed by atoms with E-state index in [1.165, 1.54) is 11.3 Å². The zero-order chi connectivity index (χ0) is 13.1. The first kappa shape index (κ1) is 12.9. The monoisotopic (exact) mass is 284 g/mol. The zero-order valence-electron chi connectivity index (χ0n) is 9.94. The number of aryl methyl sites for hydroxylation is 2. The maximum absolute atomic E-state index is 11.7. The minimum Gasteiger partial charge on any atom is -0.348 e. The number of H-pyrrole nitrogens is 1. The second-order valence-corrected chi connectivity index (χ2v) is 5.52. The molecule has 0 aliphatic carbocycles. The maximum atomic E-state index is 11.7.